The van der Waals surface area contributed by atoms with Crippen LogP contribution in [0.1, 0.15) is 32.8 Å². The minimum atomic E-state index is -0.828. The molecule has 30 heavy (non-hydrogen) atoms. The van der Waals surface area contributed by atoms with E-state index in [0.717, 1.165) is 11.1 Å². The third-order valence-corrected chi connectivity index (χ3v) is 5.15. The molecule has 2 heterocycles. The van der Waals surface area contributed by atoms with Crippen LogP contribution in [0.5, 0.6) is 0 Å². The number of nitrogens with zero attached hydrogens (tertiary/aromatic N) is 2. The Morgan fingerprint density at radius 1 is 1.33 bits per heavy atom. The van der Waals surface area contributed by atoms with Gasteiger partial charge in [0.15, 0.2) is 12.2 Å². The Morgan fingerprint density at radius 2 is 2.00 bits per heavy atom. The van der Waals surface area contributed by atoms with E-state index in [0.29, 0.717) is 12.3 Å². The number of aromatic nitrogens is 1. The van der Waals surface area contributed by atoms with E-state index in [4.69, 9.17) is 10.2 Å². The largest absolute Gasteiger partial charge is 0.444 e. The summed E-state index contributed by atoms with van der Waals surface area (Å²) in [5, 5.41) is 12.7. The highest BCUT2D eigenvalue weighted by atomic mass is 35.5. The van der Waals surface area contributed by atoms with Crippen molar-refractivity contribution in [2.75, 3.05) is 6.54 Å². The highest BCUT2D eigenvalue weighted by molar-refractivity contribution is 6.00. The number of hydrogen-bond acceptors (Lipinski definition) is 7. The molecule has 0 spiro atoms. The van der Waals surface area contributed by atoms with Crippen LogP contribution in [0.25, 0.3) is 11.3 Å². The number of carbonyl (C=O) groups excluding carboxylic acids is 2. The van der Waals surface area contributed by atoms with Crippen LogP contribution in [0.3, 0.4) is 0 Å². The minimum absolute atomic E-state index is 0. The molecule has 2 amide bonds. The lowest BCUT2D eigenvalue weighted by Crippen LogP contribution is -2.55. The van der Waals surface area contributed by atoms with Gasteiger partial charge in [-0.3, -0.25) is 14.5 Å². The highest BCUT2D eigenvalue weighted by Crippen LogP contribution is 2.23. The summed E-state index contributed by atoms with van der Waals surface area (Å²) >= 11 is 0. The fraction of sp³-hybridized carbons (Fsp3) is 0.476. The van der Waals surface area contributed by atoms with Crippen molar-refractivity contribution in [2.45, 2.75) is 51.9 Å². The molecule has 1 aromatic carbocycles. The number of benzene rings is 1. The van der Waals surface area contributed by atoms with Crippen molar-refractivity contribution in [3.8, 4) is 11.3 Å². The lowest BCUT2D eigenvalue weighted by molar-refractivity contribution is -0.149. The number of β-amino-alcohol motifs (C(OH)–C–C–N with tert-alkyl or cyclic N) is 1. The zero-order chi connectivity index (χ0) is 21.2. The molecule has 0 saturated carbocycles. The lowest BCUT2D eigenvalue weighted by atomic mass is 9.86. The molecule has 3 rings (SSSR count). The van der Waals surface area contributed by atoms with Gasteiger partial charge in [0.05, 0.1) is 30.9 Å². The second kappa shape index (κ2) is 9.70. The van der Waals surface area contributed by atoms with Gasteiger partial charge in [0.2, 0.25) is 11.8 Å². The maximum atomic E-state index is 13.1. The fourth-order valence-electron chi connectivity index (χ4n) is 3.21. The van der Waals surface area contributed by atoms with E-state index in [9.17, 15) is 14.7 Å². The van der Waals surface area contributed by atoms with Crippen molar-refractivity contribution in [1.29, 1.82) is 0 Å². The number of aliphatic hydroxyl groups is 1. The molecule has 8 nitrogen and oxygen atoms in total. The number of imide groups is 1. The highest BCUT2D eigenvalue weighted by Gasteiger charge is 2.38. The number of aliphatic hydroxyl groups excluding tert-OH is 1. The Kier molecular flexibility index (Phi) is 7.76. The van der Waals surface area contributed by atoms with Gasteiger partial charge in [0.1, 0.15) is 0 Å². The van der Waals surface area contributed by atoms with Crippen LogP contribution in [0.2, 0.25) is 0 Å². The molecule has 1 aromatic heterocycles. The van der Waals surface area contributed by atoms with Gasteiger partial charge in [-0.2, -0.15) is 0 Å². The van der Waals surface area contributed by atoms with Crippen LogP contribution in [0.4, 0.5) is 0 Å². The van der Waals surface area contributed by atoms with Crippen molar-refractivity contribution in [3.05, 3.63) is 42.4 Å². The number of rotatable bonds is 5. The van der Waals surface area contributed by atoms with E-state index in [1.54, 1.807) is 6.20 Å². The van der Waals surface area contributed by atoms with E-state index in [1.165, 1.54) is 11.3 Å². The molecular weight excluding hydrogens is 408 g/mol. The molecule has 9 heteroatoms. The van der Waals surface area contributed by atoms with Crippen LogP contribution >= 0.6 is 12.4 Å². The predicted molar refractivity (Wildman–Crippen MR) is 115 cm³/mol. The van der Waals surface area contributed by atoms with E-state index in [2.05, 4.69) is 10.3 Å². The third kappa shape index (κ3) is 5.46. The normalized spacial score (nSPS) is 19.8. The summed E-state index contributed by atoms with van der Waals surface area (Å²) < 4.78 is 5.29. The molecule has 1 aliphatic heterocycles. The fourth-order valence-corrected chi connectivity index (χ4v) is 3.21. The van der Waals surface area contributed by atoms with Gasteiger partial charge in [-0.15, -0.1) is 12.4 Å². The Bertz CT molecular complexity index is 849. The molecule has 1 fully saturated rings. The summed E-state index contributed by atoms with van der Waals surface area (Å²) in [6.07, 6.45) is 2.66. The number of carbonyl (C=O) groups is 2. The van der Waals surface area contributed by atoms with Gasteiger partial charge in [-0.25, -0.2) is 4.98 Å². The molecule has 3 atom stereocenters. The SMILES string of the molecule is CC(C)(C)[C@H](N)C(=O)N(Cc1ccc(-c2cnco2)cc1)C(=O)[C@@H]1C[C@@H](O)CN1.Cl. The first-order chi connectivity index (χ1) is 13.7. The average Bonchev–Trinajstić information content (AvgIpc) is 3.36. The first-order valence-corrected chi connectivity index (χ1v) is 9.67. The third-order valence-electron chi connectivity index (χ3n) is 5.15. The number of nitrogens with one attached hydrogen (secondary N) is 1. The number of oxazole rings is 1. The van der Waals surface area contributed by atoms with E-state index < -0.39 is 29.5 Å². The van der Waals surface area contributed by atoms with E-state index >= 15 is 0 Å². The predicted octanol–water partition coefficient (Wildman–Crippen LogP) is 1.71. The molecule has 0 radical (unpaired) electrons. The number of nitrogens with two attached hydrogens (primary N) is 1. The zero-order valence-corrected chi connectivity index (χ0v) is 18.2. The van der Waals surface area contributed by atoms with E-state index in [1.807, 2.05) is 45.0 Å². The van der Waals surface area contributed by atoms with Gasteiger partial charge >= 0.3 is 0 Å². The summed E-state index contributed by atoms with van der Waals surface area (Å²) in [5.41, 5.74) is 7.31. The summed E-state index contributed by atoms with van der Waals surface area (Å²) in [6, 6.07) is 5.95. The number of halogens is 1. The van der Waals surface area contributed by atoms with Crippen LogP contribution in [-0.2, 0) is 16.1 Å². The summed E-state index contributed by atoms with van der Waals surface area (Å²) in [4.78, 5) is 31.3. The smallest absolute Gasteiger partial charge is 0.246 e. The summed E-state index contributed by atoms with van der Waals surface area (Å²) in [5.74, 6) is -0.157. The Morgan fingerprint density at radius 3 is 2.50 bits per heavy atom. The summed E-state index contributed by atoms with van der Waals surface area (Å²) in [6.45, 7) is 6.02. The van der Waals surface area contributed by atoms with Crippen molar-refractivity contribution < 1.29 is 19.1 Å². The second-order valence-corrected chi connectivity index (χ2v) is 8.52. The Labute approximate surface area is 182 Å². The standard InChI is InChI=1S/C21H28N4O4.ClH/c1-21(2,3)18(22)20(28)25(19(27)16-8-15(26)9-24-16)11-13-4-6-14(7-5-13)17-10-23-12-29-17;/h4-7,10,12,15-16,18,24,26H,8-9,11,22H2,1-3H3;1H/t15-,16+,18-;/m1./s1. The Hall–Kier alpha value is -2.26. The molecule has 2 aromatic rings. The molecule has 1 aliphatic rings. The monoisotopic (exact) mass is 436 g/mol. The molecule has 0 bridgehead atoms. The number of amides is 2. The van der Waals surface area contributed by atoms with Crippen LogP contribution in [0, 0.1) is 5.41 Å². The van der Waals surface area contributed by atoms with Gasteiger partial charge < -0.3 is 20.6 Å². The maximum Gasteiger partial charge on any atom is 0.246 e. The molecule has 1 saturated heterocycles. The van der Waals surface area contributed by atoms with Gasteiger partial charge in [0, 0.05) is 12.1 Å². The van der Waals surface area contributed by atoms with Crippen LogP contribution in [-0.4, -0.2) is 51.5 Å². The first kappa shape index (κ1) is 24.0. The van der Waals surface area contributed by atoms with Crippen molar-refractivity contribution in [2.24, 2.45) is 11.1 Å². The molecule has 164 valence electrons. The topological polar surface area (TPSA) is 122 Å². The van der Waals surface area contributed by atoms with Gasteiger partial charge in [-0.1, -0.05) is 45.0 Å². The first-order valence-electron chi connectivity index (χ1n) is 9.67. The zero-order valence-electron chi connectivity index (χ0n) is 17.4. The van der Waals surface area contributed by atoms with Gasteiger partial charge in [0.25, 0.3) is 0 Å². The maximum absolute atomic E-state index is 13.1. The van der Waals surface area contributed by atoms with Crippen molar-refractivity contribution in [3.63, 3.8) is 0 Å². The molecule has 4 N–H and O–H groups in total. The van der Waals surface area contributed by atoms with Crippen LogP contribution < -0.4 is 11.1 Å². The van der Waals surface area contributed by atoms with Gasteiger partial charge in [-0.05, 0) is 17.4 Å². The molecular formula is C21H29ClN4O4. The van der Waals surface area contributed by atoms with Crippen LogP contribution in [0.15, 0.2) is 41.3 Å². The Balaban J connectivity index is 0.00000320. The average molecular weight is 437 g/mol. The quantitative estimate of drug-likeness (QED) is 0.652. The lowest BCUT2D eigenvalue weighted by Gasteiger charge is -2.32. The molecule has 0 aliphatic carbocycles. The van der Waals surface area contributed by atoms with Crippen molar-refractivity contribution in [1.82, 2.24) is 15.2 Å². The second-order valence-electron chi connectivity index (χ2n) is 8.52. The van der Waals surface area contributed by atoms with Crippen molar-refractivity contribution >= 4 is 24.2 Å². The number of hydrogen-bond donors (Lipinski definition) is 3. The molecule has 0 unspecified atom stereocenters. The summed E-state index contributed by atoms with van der Waals surface area (Å²) in [7, 11) is 0. The minimum Gasteiger partial charge on any atom is -0.444 e. The van der Waals surface area contributed by atoms with E-state index in [-0.39, 0.29) is 31.3 Å².